The number of likely N-dealkylation sites (N-methyl/N-ethyl adjacent to an activating group) is 1. The molecular formula is C10H18N2O5. The van der Waals surface area contributed by atoms with Crippen molar-refractivity contribution in [2.24, 2.45) is 0 Å². The SMILES string of the molecule is CCC(=O)NC(=O)[N+](C)(C)CC(O)CC(=O)[O-]. The third-order valence-electron chi connectivity index (χ3n) is 2.19. The van der Waals surface area contributed by atoms with Gasteiger partial charge in [0.05, 0.1) is 14.1 Å². The number of nitrogens with one attached hydrogen (secondary N) is 1. The molecule has 0 saturated heterocycles. The van der Waals surface area contributed by atoms with Gasteiger partial charge in [0, 0.05) is 18.8 Å². The maximum absolute atomic E-state index is 11.6. The molecule has 3 amide bonds. The number of aliphatic hydroxyl groups excluding tert-OH is 1. The molecule has 7 nitrogen and oxygen atoms in total. The minimum Gasteiger partial charge on any atom is -0.550 e. The van der Waals surface area contributed by atoms with Crippen LogP contribution in [0, 0.1) is 0 Å². The summed E-state index contributed by atoms with van der Waals surface area (Å²) in [7, 11) is 2.94. The molecule has 0 fully saturated rings. The van der Waals surface area contributed by atoms with Crippen LogP contribution in [0.4, 0.5) is 4.79 Å². The molecule has 0 rings (SSSR count). The van der Waals surface area contributed by atoms with Gasteiger partial charge in [0.2, 0.25) is 5.91 Å². The molecule has 7 heteroatoms. The first-order chi connectivity index (χ1) is 7.69. The second-order valence-electron chi connectivity index (χ2n) is 4.30. The van der Waals surface area contributed by atoms with Crippen LogP contribution in [0.15, 0.2) is 0 Å². The number of rotatable bonds is 5. The molecule has 0 radical (unpaired) electrons. The number of amides is 3. The largest absolute Gasteiger partial charge is 0.550 e. The van der Waals surface area contributed by atoms with Crippen LogP contribution >= 0.6 is 0 Å². The van der Waals surface area contributed by atoms with Crippen molar-refractivity contribution in [1.29, 1.82) is 0 Å². The molecule has 0 aromatic heterocycles. The molecular weight excluding hydrogens is 228 g/mol. The fourth-order valence-electron chi connectivity index (χ4n) is 1.23. The van der Waals surface area contributed by atoms with Gasteiger partial charge in [-0.05, 0) is 0 Å². The van der Waals surface area contributed by atoms with Crippen LogP contribution in [0.3, 0.4) is 0 Å². The van der Waals surface area contributed by atoms with E-state index in [1.54, 1.807) is 6.92 Å². The zero-order valence-electron chi connectivity index (χ0n) is 10.2. The maximum atomic E-state index is 11.6. The summed E-state index contributed by atoms with van der Waals surface area (Å²) >= 11 is 0. The summed E-state index contributed by atoms with van der Waals surface area (Å²) in [5.41, 5.74) is 0. The first-order valence-corrected chi connectivity index (χ1v) is 5.24. The van der Waals surface area contributed by atoms with E-state index in [0.717, 1.165) is 0 Å². The smallest absolute Gasteiger partial charge is 0.422 e. The average Bonchev–Trinajstić information content (AvgIpc) is 2.14. The maximum Gasteiger partial charge on any atom is 0.422 e. The molecule has 98 valence electrons. The van der Waals surface area contributed by atoms with Gasteiger partial charge in [-0.3, -0.25) is 4.79 Å². The minimum absolute atomic E-state index is 0.114. The normalized spacial score (nSPS) is 12.9. The average molecular weight is 246 g/mol. The zero-order chi connectivity index (χ0) is 13.6. The van der Waals surface area contributed by atoms with Crippen LogP contribution < -0.4 is 10.4 Å². The second kappa shape index (κ2) is 6.31. The van der Waals surface area contributed by atoms with Crippen molar-refractivity contribution in [3.63, 3.8) is 0 Å². The molecule has 1 atom stereocenters. The highest BCUT2D eigenvalue weighted by Crippen LogP contribution is 2.03. The van der Waals surface area contributed by atoms with Crippen LogP contribution in [-0.4, -0.2) is 54.2 Å². The van der Waals surface area contributed by atoms with Gasteiger partial charge in [-0.25, -0.2) is 14.6 Å². The van der Waals surface area contributed by atoms with Crippen molar-refractivity contribution in [3.05, 3.63) is 0 Å². The summed E-state index contributed by atoms with van der Waals surface area (Å²) in [5.74, 6) is -1.81. The number of quaternary nitrogens is 1. The number of carbonyl (C=O) groups excluding carboxylic acids is 3. The van der Waals surface area contributed by atoms with Gasteiger partial charge in [-0.2, -0.15) is 0 Å². The van der Waals surface area contributed by atoms with Crippen molar-refractivity contribution in [1.82, 2.24) is 5.32 Å². The molecule has 0 aromatic rings. The highest BCUT2D eigenvalue weighted by Gasteiger charge is 2.30. The van der Waals surface area contributed by atoms with Gasteiger partial charge in [-0.1, -0.05) is 6.92 Å². The van der Waals surface area contributed by atoms with Crippen molar-refractivity contribution in [3.8, 4) is 0 Å². The van der Waals surface area contributed by atoms with Crippen molar-refractivity contribution >= 4 is 17.9 Å². The zero-order valence-corrected chi connectivity index (χ0v) is 10.2. The fraction of sp³-hybridized carbons (Fsp3) is 0.700. The lowest BCUT2D eigenvalue weighted by Gasteiger charge is -2.28. The summed E-state index contributed by atoms with van der Waals surface area (Å²) < 4.78 is -0.333. The number of imide groups is 1. The Morgan fingerprint density at radius 3 is 2.29 bits per heavy atom. The predicted octanol–water partition coefficient (Wildman–Crippen LogP) is -1.79. The number of carbonyl (C=O) groups is 3. The summed E-state index contributed by atoms with van der Waals surface area (Å²) in [6, 6.07) is -0.589. The first kappa shape index (κ1) is 15.5. The number of hydrogen-bond acceptors (Lipinski definition) is 5. The Labute approximate surface area is 99.6 Å². The summed E-state index contributed by atoms with van der Waals surface area (Å²) in [4.78, 5) is 32.9. The van der Waals surface area contributed by atoms with Gasteiger partial charge in [0.25, 0.3) is 0 Å². The van der Waals surface area contributed by atoms with E-state index in [-0.39, 0.29) is 17.4 Å². The molecule has 0 aliphatic carbocycles. The van der Waals surface area contributed by atoms with Crippen LogP contribution in [-0.2, 0) is 9.59 Å². The van der Waals surface area contributed by atoms with E-state index in [9.17, 15) is 24.6 Å². The highest BCUT2D eigenvalue weighted by atomic mass is 16.4. The Hall–Kier alpha value is -1.47. The van der Waals surface area contributed by atoms with Gasteiger partial charge in [0.15, 0.2) is 0 Å². The molecule has 0 saturated carbocycles. The van der Waals surface area contributed by atoms with E-state index >= 15 is 0 Å². The molecule has 0 aliphatic rings. The van der Waals surface area contributed by atoms with E-state index in [0.29, 0.717) is 0 Å². The number of aliphatic hydroxyl groups is 1. The van der Waals surface area contributed by atoms with Crippen molar-refractivity contribution in [2.45, 2.75) is 25.9 Å². The monoisotopic (exact) mass is 246 g/mol. The molecule has 0 aromatic carbocycles. The molecule has 2 N–H and O–H groups in total. The Morgan fingerprint density at radius 1 is 1.35 bits per heavy atom. The number of hydrogen-bond donors (Lipinski definition) is 2. The van der Waals surface area contributed by atoms with E-state index in [2.05, 4.69) is 5.32 Å². The Kier molecular flexibility index (Phi) is 5.77. The standard InChI is InChI=1S/C10H18N2O5/c1-4-8(14)11-10(17)12(2,3)6-7(13)5-9(15)16/h7,13H,4-6H2,1-3H3,(H-,11,14,15,16,17). The predicted molar refractivity (Wildman–Crippen MR) is 56.4 cm³/mol. The van der Waals surface area contributed by atoms with Gasteiger partial charge in [-0.15, -0.1) is 0 Å². The quantitative estimate of drug-likeness (QED) is 0.557. The third-order valence-corrected chi connectivity index (χ3v) is 2.19. The minimum atomic E-state index is -1.39. The Morgan fingerprint density at radius 2 is 1.88 bits per heavy atom. The molecule has 0 bridgehead atoms. The van der Waals surface area contributed by atoms with Gasteiger partial charge < -0.3 is 15.0 Å². The molecule has 17 heavy (non-hydrogen) atoms. The molecule has 0 spiro atoms. The number of aliphatic carboxylic acids is 1. The molecule has 0 heterocycles. The van der Waals surface area contributed by atoms with E-state index < -0.39 is 30.4 Å². The summed E-state index contributed by atoms with van der Waals surface area (Å²) in [6.45, 7) is 1.49. The highest BCUT2D eigenvalue weighted by molar-refractivity contribution is 5.91. The number of urea groups is 1. The summed E-state index contributed by atoms with van der Waals surface area (Å²) in [5, 5.41) is 21.8. The fourth-order valence-corrected chi connectivity index (χ4v) is 1.23. The number of nitrogens with zero attached hydrogens (tertiary/aromatic N) is 1. The Balaban J connectivity index is 4.40. The van der Waals surface area contributed by atoms with E-state index in [4.69, 9.17) is 0 Å². The molecule has 0 aliphatic heterocycles. The van der Waals surface area contributed by atoms with Crippen LogP contribution in [0.1, 0.15) is 19.8 Å². The Bertz CT molecular complexity index is 314. The molecule has 1 unspecified atom stereocenters. The first-order valence-electron chi connectivity index (χ1n) is 5.24. The third kappa shape index (κ3) is 5.98. The van der Waals surface area contributed by atoms with Crippen LogP contribution in [0.2, 0.25) is 0 Å². The van der Waals surface area contributed by atoms with Crippen molar-refractivity contribution in [2.75, 3.05) is 20.6 Å². The topological polar surface area (TPSA) is 107 Å². The lowest BCUT2D eigenvalue weighted by atomic mass is 10.2. The summed E-state index contributed by atoms with van der Waals surface area (Å²) in [6.07, 6.45) is -1.57. The lowest BCUT2D eigenvalue weighted by Crippen LogP contribution is -2.56. The second-order valence-corrected chi connectivity index (χ2v) is 4.30. The lowest BCUT2D eigenvalue weighted by molar-refractivity contribution is -0.812. The van der Waals surface area contributed by atoms with E-state index in [1.165, 1.54) is 14.1 Å². The van der Waals surface area contributed by atoms with Gasteiger partial charge in [0.1, 0.15) is 12.6 Å². The van der Waals surface area contributed by atoms with Crippen LogP contribution in [0.25, 0.3) is 0 Å². The van der Waals surface area contributed by atoms with E-state index in [1.807, 2.05) is 0 Å². The number of carboxylic acids is 1. The van der Waals surface area contributed by atoms with Crippen molar-refractivity contribution < 1.29 is 29.1 Å². The number of carboxylic acid groups (broad SMARTS) is 1. The van der Waals surface area contributed by atoms with Crippen LogP contribution in [0.5, 0.6) is 0 Å². The van der Waals surface area contributed by atoms with Gasteiger partial charge >= 0.3 is 6.03 Å².